The summed E-state index contributed by atoms with van der Waals surface area (Å²) >= 11 is 0. The third-order valence-corrected chi connectivity index (χ3v) is 2.51. The second-order valence-electron chi connectivity index (χ2n) is 4.18. The van der Waals surface area contributed by atoms with Crippen LogP contribution in [0.4, 0.5) is 23.7 Å². The molecule has 118 valence electrons. The number of carbonyl (C=O) groups is 1. The highest BCUT2D eigenvalue weighted by Crippen LogP contribution is 2.30. The molecule has 2 N–H and O–H groups in total. The van der Waals surface area contributed by atoms with Crippen LogP contribution in [0.5, 0.6) is 5.75 Å². The lowest BCUT2D eigenvalue weighted by Gasteiger charge is -2.22. The minimum atomic E-state index is -4.84. The molecule has 0 saturated carbocycles. The van der Waals surface area contributed by atoms with E-state index in [2.05, 4.69) is 10.1 Å². The molecule has 0 spiro atoms. The van der Waals surface area contributed by atoms with Crippen molar-refractivity contribution < 1.29 is 27.8 Å². The molecule has 0 radical (unpaired) electrons. The minimum absolute atomic E-state index is 0.0844. The molecular formula is C13H17F3N2O3. The van der Waals surface area contributed by atoms with Crippen molar-refractivity contribution in [1.29, 1.82) is 0 Å². The Hall–Kier alpha value is -1.96. The van der Waals surface area contributed by atoms with Gasteiger partial charge >= 0.3 is 12.4 Å². The summed E-state index contributed by atoms with van der Waals surface area (Å²) in [6.45, 7) is 2.10. The first kappa shape index (κ1) is 17.1. The van der Waals surface area contributed by atoms with Gasteiger partial charge in [0.2, 0.25) is 0 Å². The molecular weight excluding hydrogens is 289 g/mol. The van der Waals surface area contributed by atoms with Crippen molar-refractivity contribution in [2.24, 2.45) is 0 Å². The van der Waals surface area contributed by atoms with E-state index in [-0.39, 0.29) is 18.8 Å². The number of para-hydroxylation sites is 2. The quantitative estimate of drug-likeness (QED) is 0.849. The van der Waals surface area contributed by atoms with E-state index < -0.39 is 18.1 Å². The fourth-order valence-corrected chi connectivity index (χ4v) is 1.68. The van der Waals surface area contributed by atoms with E-state index in [1.165, 1.54) is 23.1 Å². The van der Waals surface area contributed by atoms with Crippen molar-refractivity contribution in [2.45, 2.75) is 19.7 Å². The number of nitrogens with zero attached hydrogens (tertiary/aromatic N) is 1. The first-order valence-electron chi connectivity index (χ1n) is 6.39. The molecule has 0 unspecified atom stereocenters. The van der Waals surface area contributed by atoms with Crippen LogP contribution in [0, 0.1) is 0 Å². The van der Waals surface area contributed by atoms with Crippen molar-refractivity contribution in [3.8, 4) is 5.75 Å². The van der Waals surface area contributed by atoms with Crippen LogP contribution in [0.25, 0.3) is 0 Å². The van der Waals surface area contributed by atoms with Gasteiger partial charge in [-0.1, -0.05) is 19.1 Å². The van der Waals surface area contributed by atoms with E-state index in [0.717, 1.165) is 6.07 Å². The molecule has 0 aliphatic rings. The summed E-state index contributed by atoms with van der Waals surface area (Å²) in [4.78, 5) is 13.3. The molecule has 0 saturated heterocycles. The molecule has 21 heavy (non-hydrogen) atoms. The Bertz CT molecular complexity index is 460. The van der Waals surface area contributed by atoms with E-state index in [1.807, 2.05) is 6.92 Å². The third kappa shape index (κ3) is 5.90. The summed E-state index contributed by atoms with van der Waals surface area (Å²) in [6, 6.07) is 4.68. The molecule has 0 heterocycles. The van der Waals surface area contributed by atoms with Crippen LogP contribution in [0.3, 0.4) is 0 Å². The molecule has 1 rings (SSSR count). The number of amides is 2. The molecule has 8 heteroatoms. The van der Waals surface area contributed by atoms with Gasteiger partial charge in [-0.2, -0.15) is 0 Å². The second-order valence-corrected chi connectivity index (χ2v) is 4.18. The van der Waals surface area contributed by atoms with Gasteiger partial charge in [-0.15, -0.1) is 13.2 Å². The topological polar surface area (TPSA) is 61.8 Å². The number of hydrogen-bond acceptors (Lipinski definition) is 3. The number of benzene rings is 1. The number of aliphatic hydroxyl groups excluding tert-OH is 1. The number of carbonyl (C=O) groups excluding carboxylic acids is 1. The Kier molecular flexibility index (Phi) is 6.29. The predicted molar refractivity (Wildman–Crippen MR) is 71.1 cm³/mol. The van der Waals surface area contributed by atoms with E-state index in [4.69, 9.17) is 5.11 Å². The zero-order chi connectivity index (χ0) is 15.9. The zero-order valence-corrected chi connectivity index (χ0v) is 11.5. The SMILES string of the molecule is CCCN(CCO)C(=O)Nc1ccccc1OC(F)(F)F. The Balaban J connectivity index is 2.84. The zero-order valence-electron chi connectivity index (χ0n) is 11.5. The van der Waals surface area contributed by atoms with E-state index in [1.54, 1.807) is 0 Å². The number of rotatable bonds is 6. The van der Waals surface area contributed by atoms with Crippen LogP contribution in [-0.4, -0.2) is 42.1 Å². The molecule has 5 nitrogen and oxygen atoms in total. The van der Waals surface area contributed by atoms with E-state index in [9.17, 15) is 18.0 Å². The number of aliphatic hydroxyl groups is 1. The molecule has 0 aliphatic heterocycles. The average molecular weight is 306 g/mol. The van der Waals surface area contributed by atoms with Crippen LogP contribution >= 0.6 is 0 Å². The van der Waals surface area contributed by atoms with Crippen molar-refractivity contribution in [1.82, 2.24) is 4.90 Å². The summed E-state index contributed by atoms with van der Waals surface area (Å²) in [5.41, 5.74) is -0.0844. The Morgan fingerprint density at radius 2 is 2.00 bits per heavy atom. The number of urea groups is 1. The van der Waals surface area contributed by atoms with Gasteiger partial charge in [0, 0.05) is 13.1 Å². The molecule has 0 fully saturated rings. The second kappa shape index (κ2) is 7.72. The molecule has 0 aromatic heterocycles. The van der Waals surface area contributed by atoms with Crippen LogP contribution in [0.15, 0.2) is 24.3 Å². The monoisotopic (exact) mass is 306 g/mol. The number of alkyl halides is 3. The van der Waals surface area contributed by atoms with Crippen LogP contribution in [-0.2, 0) is 0 Å². The number of nitrogens with one attached hydrogen (secondary N) is 1. The summed E-state index contributed by atoms with van der Waals surface area (Å²) in [7, 11) is 0. The predicted octanol–water partition coefficient (Wildman–Crippen LogP) is 2.82. The highest BCUT2D eigenvalue weighted by atomic mass is 19.4. The van der Waals surface area contributed by atoms with Gasteiger partial charge < -0.3 is 20.1 Å². The highest BCUT2D eigenvalue weighted by Gasteiger charge is 2.32. The number of halogens is 3. The maximum atomic E-state index is 12.3. The first-order valence-corrected chi connectivity index (χ1v) is 6.39. The third-order valence-electron chi connectivity index (χ3n) is 2.51. The lowest BCUT2D eigenvalue weighted by Crippen LogP contribution is -2.37. The molecule has 1 aromatic carbocycles. The summed E-state index contributed by atoms with van der Waals surface area (Å²) in [6.07, 6.45) is -4.18. The average Bonchev–Trinajstić information content (AvgIpc) is 2.39. The van der Waals surface area contributed by atoms with Gasteiger partial charge in [0.25, 0.3) is 0 Å². The maximum absolute atomic E-state index is 12.3. The molecule has 0 atom stereocenters. The normalized spacial score (nSPS) is 11.1. The summed E-state index contributed by atoms with van der Waals surface area (Å²) in [5, 5.41) is 11.2. The molecule has 1 aromatic rings. The largest absolute Gasteiger partial charge is 0.573 e. The molecule has 2 amide bonds. The van der Waals surface area contributed by atoms with Gasteiger partial charge in [-0.25, -0.2) is 4.79 Å². The maximum Gasteiger partial charge on any atom is 0.573 e. The number of hydrogen-bond donors (Lipinski definition) is 2. The minimum Gasteiger partial charge on any atom is -0.404 e. The fraction of sp³-hybridized carbons (Fsp3) is 0.462. The smallest absolute Gasteiger partial charge is 0.404 e. The van der Waals surface area contributed by atoms with Gasteiger partial charge in [0.1, 0.15) is 0 Å². The van der Waals surface area contributed by atoms with Gasteiger partial charge in [-0.3, -0.25) is 0 Å². The lowest BCUT2D eigenvalue weighted by molar-refractivity contribution is -0.274. The van der Waals surface area contributed by atoms with Gasteiger partial charge in [0.15, 0.2) is 5.75 Å². The van der Waals surface area contributed by atoms with Crippen molar-refractivity contribution >= 4 is 11.7 Å². The Morgan fingerprint density at radius 1 is 1.33 bits per heavy atom. The first-order chi connectivity index (χ1) is 9.87. The van der Waals surface area contributed by atoms with Crippen LogP contribution in [0.1, 0.15) is 13.3 Å². The number of ether oxygens (including phenoxy) is 1. The summed E-state index contributed by atoms with van der Waals surface area (Å²) < 4.78 is 40.7. The van der Waals surface area contributed by atoms with E-state index >= 15 is 0 Å². The lowest BCUT2D eigenvalue weighted by atomic mass is 10.3. The van der Waals surface area contributed by atoms with Gasteiger partial charge in [0.05, 0.1) is 12.3 Å². The Labute approximate surface area is 120 Å². The van der Waals surface area contributed by atoms with Crippen LogP contribution < -0.4 is 10.1 Å². The van der Waals surface area contributed by atoms with Crippen molar-refractivity contribution in [3.63, 3.8) is 0 Å². The number of anilines is 1. The van der Waals surface area contributed by atoms with Crippen molar-refractivity contribution in [2.75, 3.05) is 25.0 Å². The fourth-order valence-electron chi connectivity index (χ4n) is 1.68. The molecule has 0 aliphatic carbocycles. The highest BCUT2D eigenvalue weighted by molar-refractivity contribution is 5.91. The standard InChI is InChI=1S/C13H17F3N2O3/c1-2-7-18(8-9-19)12(20)17-10-5-3-4-6-11(10)21-13(14,15)16/h3-6,19H,2,7-9H2,1H3,(H,17,20). The van der Waals surface area contributed by atoms with Crippen molar-refractivity contribution in [3.05, 3.63) is 24.3 Å². The van der Waals surface area contributed by atoms with E-state index in [0.29, 0.717) is 13.0 Å². The molecule has 0 bridgehead atoms. The van der Waals surface area contributed by atoms with Crippen LogP contribution in [0.2, 0.25) is 0 Å². The Morgan fingerprint density at radius 3 is 2.57 bits per heavy atom. The summed E-state index contributed by atoms with van der Waals surface area (Å²) in [5.74, 6) is -0.487. The van der Waals surface area contributed by atoms with Gasteiger partial charge in [-0.05, 0) is 18.6 Å².